The number of nitrogens with zero attached hydrogens (tertiary/aromatic N) is 3. The molecule has 0 amide bonds. The molecule has 20 heavy (non-hydrogen) atoms. The van der Waals surface area contributed by atoms with E-state index in [-0.39, 0.29) is 5.03 Å². The van der Waals surface area contributed by atoms with Crippen LogP contribution in [-0.2, 0) is 16.4 Å². The van der Waals surface area contributed by atoms with Crippen LogP contribution in [0.1, 0.15) is 24.6 Å². The molecule has 0 spiro atoms. The van der Waals surface area contributed by atoms with Crippen molar-refractivity contribution in [3.63, 3.8) is 0 Å². The van der Waals surface area contributed by atoms with Crippen LogP contribution in [-0.4, -0.2) is 29.2 Å². The van der Waals surface area contributed by atoms with E-state index in [2.05, 4.69) is 19.9 Å². The Hall–Kier alpha value is -1.89. The molecule has 106 valence electrons. The number of anilines is 1. The van der Waals surface area contributed by atoms with E-state index in [1.54, 1.807) is 6.07 Å². The third-order valence-corrected chi connectivity index (χ3v) is 4.28. The molecule has 1 aliphatic rings. The molecular formula is C13H16N4O2S. The summed E-state index contributed by atoms with van der Waals surface area (Å²) in [6.45, 7) is 0.649. The Morgan fingerprint density at radius 3 is 2.75 bits per heavy atom. The minimum absolute atomic E-state index is 0.0890. The zero-order valence-electron chi connectivity index (χ0n) is 11.2. The van der Waals surface area contributed by atoms with Gasteiger partial charge in [0.1, 0.15) is 0 Å². The zero-order valence-corrected chi connectivity index (χ0v) is 12.0. The fourth-order valence-corrected chi connectivity index (χ4v) is 2.61. The summed E-state index contributed by atoms with van der Waals surface area (Å²) < 4.78 is 24.8. The SMILES string of the molecule is CS(=O)(=O)c1ccc(NCc2cncn2C2CC2)cn1. The zero-order chi connectivity index (χ0) is 14.2. The second-order valence-electron chi connectivity index (χ2n) is 5.03. The minimum atomic E-state index is -3.24. The minimum Gasteiger partial charge on any atom is -0.378 e. The monoisotopic (exact) mass is 292 g/mol. The Kier molecular flexibility index (Phi) is 3.21. The van der Waals surface area contributed by atoms with Crippen molar-refractivity contribution in [2.45, 2.75) is 30.5 Å². The van der Waals surface area contributed by atoms with E-state index < -0.39 is 9.84 Å². The second kappa shape index (κ2) is 4.90. The van der Waals surface area contributed by atoms with Crippen LogP contribution in [0, 0.1) is 0 Å². The number of nitrogens with one attached hydrogen (secondary N) is 1. The number of sulfone groups is 1. The number of hydrogen-bond donors (Lipinski definition) is 1. The van der Waals surface area contributed by atoms with Gasteiger partial charge in [0.15, 0.2) is 14.9 Å². The molecule has 1 aliphatic carbocycles. The lowest BCUT2D eigenvalue weighted by atomic mass is 10.4. The van der Waals surface area contributed by atoms with Gasteiger partial charge in [0.25, 0.3) is 0 Å². The van der Waals surface area contributed by atoms with Crippen molar-refractivity contribution in [3.05, 3.63) is 36.5 Å². The van der Waals surface area contributed by atoms with E-state index in [1.165, 1.54) is 25.1 Å². The van der Waals surface area contributed by atoms with E-state index in [0.717, 1.165) is 17.6 Å². The maximum atomic E-state index is 11.3. The van der Waals surface area contributed by atoms with Crippen LogP contribution >= 0.6 is 0 Å². The Morgan fingerprint density at radius 2 is 2.15 bits per heavy atom. The maximum Gasteiger partial charge on any atom is 0.192 e. The molecule has 1 saturated carbocycles. The van der Waals surface area contributed by atoms with Gasteiger partial charge in [-0.3, -0.25) is 0 Å². The molecule has 0 atom stereocenters. The van der Waals surface area contributed by atoms with Crippen LogP contribution in [0.2, 0.25) is 0 Å². The Bertz CT molecular complexity index is 702. The molecule has 0 saturated heterocycles. The molecule has 6 nitrogen and oxygen atoms in total. The normalized spacial score (nSPS) is 15.2. The van der Waals surface area contributed by atoms with Gasteiger partial charge in [0.05, 0.1) is 30.5 Å². The summed E-state index contributed by atoms with van der Waals surface area (Å²) in [5.74, 6) is 0. The number of hydrogen-bond acceptors (Lipinski definition) is 5. The number of imidazole rings is 1. The third-order valence-electron chi connectivity index (χ3n) is 3.28. The standard InChI is InChI=1S/C13H16N4O2S/c1-20(18,19)13-5-2-10(6-16-13)15-8-12-7-14-9-17(12)11-3-4-11/h2,5-7,9,11,15H,3-4,8H2,1H3. The molecule has 1 N–H and O–H groups in total. The first-order valence-corrected chi connectivity index (χ1v) is 8.34. The lowest BCUT2D eigenvalue weighted by Gasteiger charge is -2.09. The van der Waals surface area contributed by atoms with E-state index in [4.69, 9.17) is 0 Å². The highest BCUT2D eigenvalue weighted by atomic mass is 32.2. The summed E-state index contributed by atoms with van der Waals surface area (Å²) in [5.41, 5.74) is 1.92. The van der Waals surface area contributed by atoms with Gasteiger partial charge in [-0.25, -0.2) is 18.4 Å². The molecule has 0 radical (unpaired) electrons. The van der Waals surface area contributed by atoms with Crippen molar-refractivity contribution in [1.82, 2.24) is 14.5 Å². The quantitative estimate of drug-likeness (QED) is 0.906. The summed E-state index contributed by atoms with van der Waals surface area (Å²) >= 11 is 0. The van der Waals surface area contributed by atoms with Gasteiger partial charge in [0, 0.05) is 18.5 Å². The fourth-order valence-electron chi connectivity index (χ4n) is 2.05. The highest BCUT2D eigenvalue weighted by Crippen LogP contribution is 2.35. The summed E-state index contributed by atoms with van der Waals surface area (Å²) in [6.07, 6.45) is 8.83. The van der Waals surface area contributed by atoms with Gasteiger partial charge in [-0.05, 0) is 25.0 Å². The Labute approximate surface area is 117 Å². The Balaban J connectivity index is 1.67. The first-order chi connectivity index (χ1) is 9.54. The first kappa shape index (κ1) is 13.1. The van der Waals surface area contributed by atoms with Crippen molar-refractivity contribution in [3.8, 4) is 0 Å². The first-order valence-electron chi connectivity index (χ1n) is 6.45. The van der Waals surface area contributed by atoms with Gasteiger partial charge < -0.3 is 9.88 Å². The molecule has 0 unspecified atom stereocenters. The lowest BCUT2D eigenvalue weighted by molar-refractivity contribution is 0.598. The molecule has 3 rings (SSSR count). The van der Waals surface area contributed by atoms with Gasteiger partial charge in [0.2, 0.25) is 0 Å². The fraction of sp³-hybridized carbons (Fsp3) is 0.385. The van der Waals surface area contributed by atoms with Gasteiger partial charge in [-0.15, -0.1) is 0 Å². The number of aromatic nitrogens is 3. The smallest absolute Gasteiger partial charge is 0.192 e. The molecular weight excluding hydrogens is 276 g/mol. The second-order valence-corrected chi connectivity index (χ2v) is 7.00. The lowest BCUT2D eigenvalue weighted by Crippen LogP contribution is -2.07. The van der Waals surface area contributed by atoms with Gasteiger partial charge in [-0.2, -0.15) is 0 Å². The molecule has 2 aromatic heterocycles. The Morgan fingerprint density at radius 1 is 1.35 bits per heavy atom. The van der Waals surface area contributed by atoms with Crippen molar-refractivity contribution in [2.75, 3.05) is 11.6 Å². The summed E-state index contributed by atoms with van der Waals surface area (Å²) in [5, 5.41) is 3.32. The van der Waals surface area contributed by atoms with Crippen LogP contribution in [0.4, 0.5) is 5.69 Å². The average Bonchev–Trinajstić information content (AvgIpc) is 3.15. The van der Waals surface area contributed by atoms with Crippen LogP contribution < -0.4 is 5.32 Å². The molecule has 0 bridgehead atoms. The van der Waals surface area contributed by atoms with E-state index >= 15 is 0 Å². The molecule has 2 heterocycles. The highest BCUT2D eigenvalue weighted by molar-refractivity contribution is 7.90. The van der Waals surface area contributed by atoms with Crippen LogP contribution in [0.3, 0.4) is 0 Å². The van der Waals surface area contributed by atoms with E-state index in [0.29, 0.717) is 12.6 Å². The van der Waals surface area contributed by atoms with Gasteiger partial charge in [-0.1, -0.05) is 0 Å². The van der Waals surface area contributed by atoms with Crippen molar-refractivity contribution in [1.29, 1.82) is 0 Å². The molecule has 1 fully saturated rings. The van der Waals surface area contributed by atoms with Crippen LogP contribution in [0.5, 0.6) is 0 Å². The number of pyridine rings is 1. The molecule has 2 aromatic rings. The largest absolute Gasteiger partial charge is 0.378 e. The molecule has 0 aromatic carbocycles. The predicted octanol–water partition coefficient (Wildman–Crippen LogP) is 1.63. The predicted molar refractivity (Wildman–Crippen MR) is 75.2 cm³/mol. The van der Waals surface area contributed by atoms with Crippen molar-refractivity contribution >= 4 is 15.5 Å². The number of rotatable bonds is 5. The molecule has 7 heteroatoms. The summed E-state index contributed by atoms with van der Waals surface area (Å²) in [4.78, 5) is 8.12. The van der Waals surface area contributed by atoms with Crippen LogP contribution in [0.25, 0.3) is 0 Å². The molecule has 0 aliphatic heterocycles. The van der Waals surface area contributed by atoms with Gasteiger partial charge >= 0.3 is 0 Å². The van der Waals surface area contributed by atoms with Crippen molar-refractivity contribution in [2.24, 2.45) is 0 Å². The average molecular weight is 292 g/mol. The van der Waals surface area contributed by atoms with Crippen LogP contribution in [0.15, 0.2) is 35.9 Å². The topological polar surface area (TPSA) is 76.9 Å². The summed E-state index contributed by atoms with van der Waals surface area (Å²) in [7, 11) is -3.24. The maximum absolute atomic E-state index is 11.3. The highest BCUT2D eigenvalue weighted by Gasteiger charge is 2.24. The summed E-state index contributed by atoms with van der Waals surface area (Å²) in [6, 6.07) is 3.83. The van der Waals surface area contributed by atoms with E-state index in [1.807, 2.05) is 12.5 Å². The third kappa shape index (κ3) is 2.82. The van der Waals surface area contributed by atoms with Crippen molar-refractivity contribution < 1.29 is 8.42 Å². The van der Waals surface area contributed by atoms with E-state index in [9.17, 15) is 8.42 Å².